The van der Waals surface area contributed by atoms with Crippen LogP contribution in [0.5, 0.6) is 0 Å². The molecule has 0 atom stereocenters. The second-order valence-corrected chi connectivity index (χ2v) is 11.3. The van der Waals surface area contributed by atoms with Crippen LogP contribution in [0.25, 0.3) is 49.4 Å². The van der Waals surface area contributed by atoms with Gasteiger partial charge in [0, 0.05) is 16.5 Å². The average Bonchev–Trinajstić information content (AvgIpc) is 3.36. The molecule has 6 aromatic rings. The van der Waals surface area contributed by atoms with E-state index in [0.717, 1.165) is 11.2 Å². The number of hydrogen-bond donors (Lipinski definition) is 0. The summed E-state index contributed by atoms with van der Waals surface area (Å²) in [6, 6.07) is 39.3. The van der Waals surface area contributed by atoms with E-state index in [1.165, 1.54) is 43.7 Å². The van der Waals surface area contributed by atoms with Crippen molar-refractivity contribution in [3.05, 3.63) is 109 Å². The summed E-state index contributed by atoms with van der Waals surface area (Å²) >= 11 is 0. The fraction of sp³-hybridized carbons (Fsp3) is 0.176. The Kier molecular flexibility index (Phi) is 5.10. The van der Waals surface area contributed by atoms with Crippen LogP contribution in [-0.4, -0.2) is 22.9 Å². The fourth-order valence-corrected chi connectivity index (χ4v) is 5.55. The largest absolute Gasteiger partial charge is 0.494 e. The smallest absolute Gasteiger partial charge is 0.399 e. The molecule has 1 saturated heterocycles. The minimum atomic E-state index is -0.345. The zero-order valence-electron chi connectivity index (χ0n) is 22.2. The summed E-state index contributed by atoms with van der Waals surface area (Å²) in [7, 11) is -0.345. The number of fused-ring (bicyclic) bond motifs is 4. The van der Waals surface area contributed by atoms with Crippen molar-refractivity contribution in [2.24, 2.45) is 0 Å². The second-order valence-electron chi connectivity index (χ2n) is 11.3. The molecule has 0 unspecified atom stereocenters. The van der Waals surface area contributed by atoms with Crippen molar-refractivity contribution in [3.8, 4) is 16.8 Å². The van der Waals surface area contributed by atoms with E-state index in [2.05, 4.69) is 141 Å². The number of rotatable bonds is 3. The third kappa shape index (κ3) is 3.59. The molecule has 1 aliphatic heterocycles. The monoisotopic (exact) mass is 495 g/mol. The van der Waals surface area contributed by atoms with Crippen LogP contribution in [0.15, 0.2) is 109 Å². The minimum absolute atomic E-state index is 0.342. The molecule has 0 amide bonds. The molecule has 186 valence electrons. The van der Waals surface area contributed by atoms with E-state index in [0.29, 0.717) is 0 Å². The van der Waals surface area contributed by atoms with Crippen LogP contribution in [0.3, 0.4) is 0 Å². The van der Waals surface area contributed by atoms with E-state index in [1.807, 2.05) is 0 Å². The first kappa shape index (κ1) is 23.3. The van der Waals surface area contributed by atoms with Crippen molar-refractivity contribution in [1.29, 1.82) is 0 Å². The van der Waals surface area contributed by atoms with Gasteiger partial charge in [0.25, 0.3) is 0 Å². The topological polar surface area (TPSA) is 23.4 Å². The highest BCUT2D eigenvalue weighted by molar-refractivity contribution is 6.62. The summed E-state index contributed by atoms with van der Waals surface area (Å²) in [5.74, 6) is 0. The van der Waals surface area contributed by atoms with Crippen LogP contribution in [0.4, 0.5) is 0 Å². The first-order chi connectivity index (χ1) is 18.3. The third-order valence-corrected chi connectivity index (χ3v) is 8.43. The van der Waals surface area contributed by atoms with Gasteiger partial charge in [0.1, 0.15) is 0 Å². The van der Waals surface area contributed by atoms with Crippen molar-refractivity contribution >= 4 is 45.2 Å². The maximum atomic E-state index is 6.22. The van der Waals surface area contributed by atoms with Crippen molar-refractivity contribution in [3.63, 3.8) is 0 Å². The molecule has 7 rings (SSSR count). The Morgan fingerprint density at radius 2 is 1.11 bits per heavy atom. The van der Waals surface area contributed by atoms with Gasteiger partial charge in [-0.15, -0.1) is 0 Å². The quantitative estimate of drug-likeness (QED) is 0.233. The Morgan fingerprint density at radius 3 is 1.76 bits per heavy atom. The van der Waals surface area contributed by atoms with Gasteiger partial charge < -0.3 is 13.9 Å². The lowest BCUT2D eigenvalue weighted by molar-refractivity contribution is 0.00578. The molecule has 0 aliphatic carbocycles. The molecule has 1 aliphatic rings. The highest BCUT2D eigenvalue weighted by Gasteiger charge is 2.51. The first-order valence-electron chi connectivity index (χ1n) is 13.3. The third-order valence-electron chi connectivity index (χ3n) is 8.43. The normalized spacial score (nSPS) is 16.6. The Balaban J connectivity index is 1.25. The first-order valence-corrected chi connectivity index (χ1v) is 13.3. The maximum Gasteiger partial charge on any atom is 0.494 e. The predicted molar refractivity (Wildman–Crippen MR) is 159 cm³/mol. The number of para-hydroxylation sites is 1. The SMILES string of the molecule is CC1(C)OB(c2ccc(-c3ccc(-n4c5ccccc5c5cc6ccccc6cc54)cc3)cc2)OC1(C)C. The van der Waals surface area contributed by atoms with Crippen LogP contribution in [0, 0.1) is 0 Å². The lowest BCUT2D eigenvalue weighted by Gasteiger charge is -2.32. The lowest BCUT2D eigenvalue weighted by Crippen LogP contribution is -2.41. The zero-order chi connectivity index (χ0) is 26.1. The summed E-state index contributed by atoms with van der Waals surface area (Å²) in [6.07, 6.45) is 0. The van der Waals surface area contributed by atoms with Gasteiger partial charge in [-0.2, -0.15) is 0 Å². The zero-order valence-corrected chi connectivity index (χ0v) is 22.2. The molecule has 38 heavy (non-hydrogen) atoms. The Bertz CT molecular complexity index is 1800. The van der Waals surface area contributed by atoms with E-state index in [4.69, 9.17) is 9.31 Å². The molecule has 0 saturated carbocycles. The molecule has 0 bridgehead atoms. The van der Waals surface area contributed by atoms with Gasteiger partial charge in [0.15, 0.2) is 0 Å². The summed E-state index contributed by atoms with van der Waals surface area (Å²) in [5.41, 5.74) is 6.31. The van der Waals surface area contributed by atoms with Crippen LogP contribution in [-0.2, 0) is 9.31 Å². The van der Waals surface area contributed by atoms with Crippen molar-refractivity contribution in [2.75, 3.05) is 0 Å². The van der Waals surface area contributed by atoms with Gasteiger partial charge in [0.05, 0.1) is 22.2 Å². The van der Waals surface area contributed by atoms with Crippen molar-refractivity contribution < 1.29 is 9.31 Å². The predicted octanol–water partition coefficient (Wildman–Crippen LogP) is 7.90. The number of nitrogens with zero attached hydrogens (tertiary/aromatic N) is 1. The van der Waals surface area contributed by atoms with Gasteiger partial charge in [-0.05, 0) is 85.4 Å². The van der Waals surface area contributed by atoms with Gasteiger partial charge in [0.2, 0.25) is 0 Å². The lowest BCUT2D eigenvalue weighted by atomic mass is 9.78. The molecule has 5 aromatic carbocycles. The van der Waals surface area contributed by atoms with Crippen LogP contribution in [0.1, 0.15) is 27.7 Å². The summed E-state index contributed by atoms with van der Waals surface area (Å²) in [6.45, 7) is 8.34. The summed E-state index contributed by atoms with van der Waals surface area (Å²) in [5, 5.41) is 5.07. The standard InChI is InChI=1S/C34H30BNO2/c1-33(2)34(3,4)38-35(37-33)27-17-13-23(14-18-27)24-15-19-28(20-16-24)36-31-12-8-7-11-29(31)30-21-25-9-5-6-10-26(25)22-32(30)36/h5-22H,1-4H3. The van der Waals surface area contributed by atoms with Gasteiger partial charge in [-0.3, -0.25) is 0 Å². The van der Waals surface area contributed by atoms with Gasteiger partial charge >= 0.3 is 7.12 Å². The fourth-order valence-electron chi connectivity index (χ4n) is 5.55. The van der Waals surface area contributed by atoms with Crippen LogP contribution in [0.2, 0.25) is 0 Å². The van der Waals surface area contributed by atoms with E-state index in [-0.39, 0.29) is 18.3 Å². The Labute approximate surface area is 223 Å². The van der Waals surface area contributed by atoms with E-state index >= 15 is 0 Å². The number of aromatic nitrogens is 1. The molecule has 4 heteroatoms. The molecule has 0 spiro atoms. The molecular weight excluding hydrogens is 465 g/mol. The van der Waals surface area contributed by atoms with Gasteiger partial charge in [-0.1, -0.05) is 78.9 Å². The highest BCUT2D eigenvalue weighted by atomic mass is 16.7. The van der Waals surface area contributed by atoms with Crippen molar-refractivity contribution in [2.45, 2.75) is 38.9 Å². The molecule has 1 fully saturated rings. The Hall–Kier alpha value is -3.86. The maximum absolute atomic E-state index is 6.22. The molecule has 2 heterocycles. The Morgan fingerprint density at radius 1 is 0.553 bits per heavy atom. The molecular formula is C34H30BNO2. The number of hydrogen-bond acceptors (Lipinski definition) is 2. The van der Waals surface area contributed by atoms with E-state index in [9.17, 15) is 0 Å². The molecule has 0 radical (unpaired) electrons. The van der Waals surface area contributed by atoms with Gasteiger partial charge in [-0.25, -0.2) is 0 Å². The van der Waals surface area contributed by atoms with E-state index in [1.54, 1.807) is 0 Å². The van der Waals surface area contributed by atoms with Crippen LogP contribution >= 0.6 is 0 Å². The highest BCUT2D eigenvalue weighted by Crippen LogP contribution is 2.37. The molecule has 1 aromatic heterocycles. The average molecular weight is 495 g/mol. The second kappa shape index (κ2) is 8.32. The van der Waals surface area contributed by atoms with Crippen molar-refractivity contribution in [1.82, 2.24) is 4.57 Å². The van der Waals surface area contributed by atoms with E-state index < -0.39 is 0 Å². The number of benzene rings is 5. The molecule has 3 nitrogen and oxygen atoms in total. The summed E-state index contributed by atoms with van der Waals surface area (Å²) in [4.78, 5) is 0. The molecule has 0 N–H and O–H groups in total. The minimum Gasteiger partial charge on any atom is -0.399 e. The summed E-state index contributed by atoms with van der Waals surface area (Å²) < 4.78 is 14.8. The van der Waals surface area contributed by atoms with Crippen LogP contribution < -0.4 is 5.46 Å².